The summed E-state index contributed by atoms with van der Waals surface area (Å²) in [5.74, 6) is -0.644. The lowest BCUT2D eigenvalue weighted by Crippen LogP contribution is -2.12. The zero-order chi connectivity index (χ0) is 19.4. The zero-order valence-electron chi connectivity index (χ0n) is 14.5. The quantitative estimate of drug-likeness (QED) is 0.726. The molecule has 0 aliphatic carbocycles. The van der Waals surface area contributed by atoms with Crippen molar-refractivity contribution in [3.05, 3.63) is 76.1 Å². The van der Waals surface area contributed by atoms with Gasteiger partial charge in [-0.1, -0.05) is 29.8 Å². The summed E-state index contributed by atoms with van der Waals surface area (Å²) >= 11 is 0. The summed E-state index contributed by atoms with van der Waals surface area (Å²) in [6.07, 6.45) is 0. The summed E-state index contributed by atoms with van der Waals surface area (Å²) in [6, 6.07) is 18.0. The number of aromatic nitrogens is 1. The van der Waals surface area contributed by atoms with Gasteiger partial charge in [-0.3, -0.25) is 4.79 Å². The molecular weight excluding hydrogens is 344 g/mol. The van der Waals surface area contributed by atoms with Crippen molar-refractivity contribution >= 4 is 5.97 Å². The van der Waals surface area contributed by atoms with Gasteiger partial charge in [0, 0.05) is 11.3 Å². The van der Waals surface area contributed by atoms with Gasteiger partial charge in [-0.25, -0.2) is 4.79 Å². The van der Waals surface area contributed by atoms with Crippen LogP contribution in [-0.4, -0.2) is 22.7 Å². The van der Waals surface area contributed by atoms with Crippen molar-refractivity contribution in [3.8, 4) is 34.2 Å². The molecule has 1 aromatic heterocycles. The minimum absolute atomic E-state index is 0.0593. The van der Waals surface area contributed by atoms with Crippen LogP contribution in [0.25, 0.3) is 22.4 Å². The van der Waals surface area contributed by atoms with E-state index in [-0.39, 0.29) is 5.56 Å². The Labute approximate surface area is 155 Å². The number of nitrogens with zero attached hydrogens (tertiary/aromatic N) is 1. The standard InChI is InChI=1S/C21H16N2O4/c1-13-2-4-14(5-3-13)17-10-19(23-21(26)18(17)11-22)15-6-8-16(9-7-15)27-12-20(24)25/h2-10H,12H2,1H3,(H,23,26)(H,24,25). The lowest BCUT2D eigenvalue weighted by molar-refractivity contribution is -0.139. The van der Waals surface area contributed by atoms with Crippen molar-refractivity contribution in [2.45, 2.75) is 6.92 Å². The van der Waals surface area contributed by atoms with Crippen LogP contribution in [0.2, 0.25) is 0 Å². The summed E-state index contributed by atoms with van der Waals surface area (Å²) in [7, 11) is 0. The molecule has 0 saturated carbocycles. The predicted octanol–water partition coefficient (Wildman–Crippen LogP) is 3.35. The van der Waals surface area contributed by atoms with E-state index in [1.165, 1.54) is 0 Å². The summed E-state index contributed by atoms with van der Waals surface area (Å²) in [4.78, 5) is 25.7. The van der Waals surface area contributed by atoms with Gasteiger partial charge in [0.2, 0.25) is 0 Å². The molecule has 0 aliphatic heterocycles. The van der Waals surface area contributed by atoms with E-state index in [2.05, 4.69) is 4.98 Å². The first kappa shape index (κ1) is 18.0. The van der Waals surface area contributed by atoms with Gasteiger partial charge < -0.3 is 14.8 Å². The monoisotopic (exact) mass is 360 g/mol. The van der Waals surface area contributed by atoms with Crippen molar-refractivity contribution in [2.24, 2.45) is 0 Å². The number of nitriles is 1. The molecule has 0 aliphatic rings. The van der Waals surface area contributed by atoms with E-state index in [1.807, 2.05) is 37.3 Å². The fraction of sp³-hybridized carbons (Fsp3) is 0.0952. The Morgan fingerprint density at radius 3 is 2.33 bits per heavy atom. The van der Waals surface area contributed by atoms with E-state index in [4.69, 9.17) is 9.84 Å². The number of nitrogens with one attached hydrogen (secondary N) is 1. The molecule has 0 atom stereocenters. The number of hydrogen-bond acceptors (Lipinski definition) is 4. The van der Waals surface area contributed by atoms with Crippen LogP contribution in [0.3, 0.4) is 0 Å². The van der Waals surface area contributed by atoms with Crippen LogP contribution in [0, 0.1) is 18.3 Å². The Hall–Kier alpha value is -3.85. The van der Waals surface area contributed by atoms with E-state index in [0.29, 0.717) is 22.6 Å². The van der Waals surface area contributed by atoms with Gasteiger partial charge in [-0.05, 0) is 48.4 Å². The van der Waals surface area contributed by atoms with Crippen LogP contribution in [0.1, 0.15) is 11.1 Å². The molecule has 0 unspecified atom stereocenters. The number of carboxylic acids is 1. The lowest BCUT2D eigenvalue weighted by atomic mass is 9.98. The Morgan fingerprint density at radius 1 is 1.11 bits per heavy atom. The number of ether oxygens (including phenoxy) is 1. The van der Waals surface area contributed by atoms with Crippen LogP contribution < -0.4 is 10.3 Å². The molecule has 2 aromatic carbocycles. The number of pyridine rings is 1. The maximum Gasteiger partial charge on any atom is 0.341 e. The second-order valence-electron chi connectivity index (χ2n) is 5.99. The number of H-pyrrole nitrogens is 1. The van der Waals surface area contributed by atoms with Gasteiger partial charge in [-0.15, -0.1) is 0 Å². The van der Waals surface area contributed by atoms with Crippen LogP contribution in [0.5, 0.6) is 5.75 Å². The first-order valence-corrected chi connectivity index (χ1v) is 8.17. The molecule has 0 spiro atoms. The summed E-state index contributed by atoms with van der Waals surface area (Å²) in [6.45, 7) is 1.54. The Bertz CT molecular complexity index is 1080. The van der Waals surface area contributed by atoms with Gasteiger partial charge >= 0.3 is 5.97 Å². The van der Waals surface area contributed by atoms with Crippen molar-refractivity contribution in [1.82, 2.24) is 4.98 Å². The van der Waals surface area contributed by atoms with Gasteiger partial charge in [0.1, 0.15) is 17.4 Å². The molecule has 1 heterocycles. The van der Waals surface area contributed by atoms with Crippen LogP contribution in [0.15, 0.2) is 59.4 Å². The highest BCUT2D eigenvalue weighted by Gasteiger charge is 2.12. The fourth-order valence-corrected chi connectivity index (χ4v) is 2.66. The summed E-state index contributed by atoms with van der Waals surface area (Å²) in [5.41, 5.74) is 3.29. The number of carbonyl (C=O) groups is 1. The molecule has 0 amide bonds. The molecule has 3 aromatic rings. The smallest absolute Gasteiger partial charge is 0.341 e. The largest absolute Gasteiger partial charge is 0.482 e. The van der Waals surface area contributed by atoms with Gasteiger partial charge in [0.15, 0.2) is 6.61 Å². The average Bonchev–Trinajstić information content (AvgIpc) is 2.67. The zero-order valence-corrected chi connectivity index (χ0v) is 14.5. The third-order valence-corrected chi connectivity index (χ3v) is 4.04. The molecule has 2 N–H and O–H groups in total. The molecule has 0 saturated heterocycles. The van der Waals surface area contributed by atoms with Crippen LogP contribution in [-0.2, 0) is 4.79 Å². The van der Waals surface area contributed by atoms with Gasteiger partial charge in [0.05, 0.1) is 0 Å². The van der Waals surface area contributed by atoms with Crippen molar-refractivity contribution in [3.63, 3.8) is 0 Å². The third kappa shape index (κ3) is 4.05. The number of aryl methyl sites for hydroxylation is 1. The van der Waals surface area contributed by atoms with Crippen molar-refractivity contribution in [1.29, 1.82) is 5.26 Å². The molecule has 134 valence electrons. The summed E-state index contributed by atoms with van der Waals surface area (Å²) < 4.78 is 5.11. The first-order chi connectivity index (χ1) is 13.0. The van der Waals surface area contributed by atoms with E-state index < -0.39 is 18.1 Å². The Morgan fingerprint density at radius 2 is 1.74 bits per heavy atom. The molecule has 0 fully saturated rings. The second kappa shape index (κ2) is 7.58. The van der Waals surface area contributed by atoms with Crippen molar-refractivity contribution < 1.29 is 14.6 Å². The Balaban J connectivity index is 2.02. The van der Waals surface area contributed by atoms with E-state index in [1.54, 1.807) is 30.3 Å². The number of hydrogen-bond donors (Lipinski definition) is 2. The number of aliphatic carboxylic acids is 1. The van der Waals surface area contributed by atoms with E-state index in [0.717, 1.165) is 11.1 Å². The number of carboxylic acid groups (broad SMARTS) is 1. The maximum atomic E-state index is 12.4. The lowest BCUT2D eigenvalue weighted by Gasteiger charge is -2.09. The molecule has 3 rings (SSSR count). The number of aromatic amines is 1. The highest BCUT2D eigenvalue weighted by molar-refractivity contribution is 5.75. The molecule has 6 nitrogen and oxygen atoms in total. The third-order valence-electron chi connectivity index (χ3n) is 4.04. The minimum atomic E-state index is -1.06. The molecule has 6 heteroatoms. The average molecular weight is 360 g/mol. The maximum absolute atomic E-state index is 12.4. The molecular formula is C21H16N2O4. The van der Waals surface area contributed by atoms with E-state index in [9.17, 15) is 14.9 Å². The number of benzene rings is 2. The van der Waals surface area contributed by atoms with E-state index >= 15 is 0 Å². The molecule has 0 bridgehead atoms. The topological polar surface area (TPSA) is 103 Å². The van der Waals surface area contributed by atoms with Crippen LogP contribution in [0.4, 0.5) is 0 Å². The Kier molecular flexibility index (Phi) is 5.04. The SMILES string of the molecule is Cc1ccc(-c2cc(-c3ccc(OCC(=O)O)cc3)[nH]c(=O)c2C#N)cc1. The first-order valence-electron chi connectivity index (χ1n) is 8.17. The minimum Gasteiger partial charge on any atom is -0.482 e. The molecule has 0 radical (unpaired) electrons. The van der Waals surface area contributed by atoms with Crippen molar-refractivity contribution in [2.75, 3.05) is 6.61 Å². The van der Waals surface area contributed by atoms with Crippen LogP contribution >= 0.6 is 0 Å². The van der Waals surface area contributed by atoms with Gasteiger partial charge in [-0.2, -0.15) is 5.26 Å². The van der Waals surface area contributed by atoms with Gasteiger partial charge in [0.25, 0.3) is 5.56 Å². The predicted molar refractivity (Wildman–Crippen MR) is 101 cm³/mol. The summed E-state index contributed by atoms with van der Waals surface area (Å²) in [5, 5.41) is 18.0. The normalized spacial score (nSPS) is 10.2. The number of rotatable bonds is 5. The fourth-order valence-electron chi connectivity index (χ4n) is 2.66. The highest BCUT2D eigenvalue weighted by atomic mass is 16.5. The second-order valence-corrected chi connectivity index (χ2v) is 5.99. The highest BCUT2D eigenvalue weighted by Crippen LogP contribution is 2.27. The molecule has 27 heavy (non-hydrogen) atoms.